The first-order chi connectivity index (χ1) is 21.5. The van der Waals surface area contributed by atoms with E-state index in [0.29, 0.717) is 12.5 Å². The molecule has 7 aliphatic rings. The summed E-state index contributed by atoms with van der Waals surface area (Å²) in [5.41, 5.74) is 5.69. The van der Waals surface area contributed by atoms with Gasteiger partial charge in [0.1, 0.15) is 11.7 Å². The van der Waals surface area contributed by atoms with Crippen molar-refractivity contribution in [3.05, 3.63) is 89.0 Å². The largest absolute Gasteiger partial charge is 0.493 e. The van der Waals surface area contributed by atoms with Gasteiger partial charge in [0.2, 0.25) is 5.91 Å². The van der Waals surface area contributed by atoms with Crippen molar-refractivity contribution >= 4 is 11.6 Å². The summed E-state index contributed by atoms with van der Waals surface area (Å²) in [4.78, 5) is 15.7. The van der Waals surface area contributed by atoms with Crippen LogP contribution in [0.2, 0.25) is 0 Å². The SMILES string of the molecule is COc1ccc2c3c1O[C@H]1[C@@]4(OC)CC[C@@]5(C[C@@H]4c4ccc(NC(=O)Cc6ccccc6)cc4)[C@@H](C2)N(CC2CC2)CC[C@]315. The van der Waals surface area contributed by atoms with Gasteiger partial charge >= 0.3 is 0 Å². The van der Waals surface area contributed by atoms with Gasteiger partial charge in [-0.25, -0.2) is 0 Å². The molecule has 6 atom stereocenters. The molecule has 2 heterocycles. The first kappa shape index (κ1) is 27.0. The Kier molecular flexibility index (Phi) is 5.88. The predicted octanol–water partition coefficient (Wildman–Crippen LogP) is 6.27. The number of benzene rings is 3. The number of carbonyl (C=O) groups is 1. The lowest BCUT2D eigenvalue weighted by Crippen LogP contribution is -2.80. The maximum absolute atomic E-state index is 12.8. The van der Waals surface area contributed by atoms with Crippen molar-refractivity contribution in [2.75, 3.05) is 32.6 Å². The van der Waals surface area contributed by atoms with Crippen LogP contribution in [0.3, 0.4) is 0 Å². The predicted molar refractivity (Wildman–Crippen MR) is 169 cm³/mol. The average Bonchev–Trinajstić information content (AvgIpc) is 3.80. The number of nitrogens with zero attached hydrogens (tertiary/aromatic N) is 1. The highest BCUT2D eigenvalue weighted by molar-refractivity contribution is 5.92. The number of anilines is 1. The van der Waals surface area contributed by atoms with Crippen LogP contribution in [0.5, 0.6) is 11.5 Å². The second-order valence-electron chi connectivity index (χ2n) is 14.4. The van der Waals surface area contributed by atoms with Crippen LogP contribution in [0, 0.1) is 11.3 Å². The zero-order valence-corrected chi connectivity index (χ0v) is 25.8. The Hall–Kier alpha value is -3.35. The Morgan fingerprint density at radius 2 is 1.82 bits per heavy atom. The van der Waals surface area contributed by atoms with Gasteiger partial charge in [0.15, 0.2) is 11.5 Å². The maximum Gasteiger partial charge on any atom is 0.228 e. The van der Waals surface area contributed by atoms with Gasteiger partial charge in [-0.05, 0) is 92.3 Å². The second-order valence-corrected chi connectivity index (χ2v) is 14.4. The molecule has 4 bridgehead atoms. The molecule has 2 aliphatic heterocycles. The highest BCUT2D eigenvalue weighted by Crippen LogP contribution is 2.78. The Morgan fingerprint density at radius 1 is 1.00 bits per heavy atom. The Morgan fingerprint density at radius 3 is 2.57 bits per heavy atom. The summed E-state index contributed by atoms with van der Waals surface area (Å²) in [6.45, 7) is 2.38. The molecule has 3 aromatic rings. The molecule has 1 amide bonds. The van der Waals surface area contributed by atoms with Gasteiger partial charge < -0.3 is 19.5 Å². The summed E-state index contributed by atoms with van der Waals surface area (Å²) < 4.78 is 19.9. The van der Waals surface area contributed by atoms with Crippen molar-refractivity contribution in [2.45, 2.75) is 80.4 Å². The summed E-state index contributed by atoms with van der Waals surface area (Å²) in [6, 6.07) is 23.5. The number of rotatable bonds is 8. The van der Waals surface area contributed by atoms with Crippen LogP contribution < -0.4 is 14.8 Å². The van der Waals surface area contributed by atoms with Gasteiger partial charge in [0.05, 0.1) is 13.5 Å². The molecular formula is C38H42N2O4. The smallest absolute Gasteiger partial charge is 0.228 e. The van der Waals surface area contributed by atoms with Crippen molar-refractivity contribution in [2.24, 2.45) is 11.3 Å². The minimum Gasteiger partial charge on any atom is -0.493 e. The van der Waals surface area contributed by atoms with Crippen molar-refractivity contribution in [3.8, 4) is 11.5 Å². The van der Waals surface area contributed by atoms with Crippen LogP contribution in [0.4, 0.5) is 5.69 Å². The van der Waals surface area contributed by atoms with E-state index in [0.717, 1.165) is 60.9 Å². The van der Waals surface area contributed by atoms with E-state index in [2.05, 4.69) is 46.6 Å². The average molecular weight is 591 g/mol. The van der Waals surface area contributed by atoms with E-state index in [9.17, 15) is 4.79 Å². The van der Waals surface area contributed by atoms with Crippen LogP contribution in [-0.4, -0.2) is 55.9 Å². The molecule has 5 fully saturated rings. The fraction of sp³-hybridized carbons (Fsp3) is 0.500. The zero-order chi connectivity index (χ0) is 29.7. The van der Waals surface area contributed by atoms with Crippen LogP contribution >= 0.6 is 0 Å². The summed E-state index contributed by atoms with van der Waals surface area (Å²) in [5, 5.41) is 3.11. The molecule has 1 saturated heterocycles. The van der Waals surface area contributed by atoms with Crippen LogP contribution in [-0.2, 0) is 27.8 Å². The first-order valence-corrected chi connectivity index (χ1v) is 16.6. The van der Waals surface area contributed by atoms with Gasteiger partial charge in [-0.2, -0.15) is 0 Å². The fourth-order valence-electron chi connectivity index (χ4n) is 10.7. The zero-order valence-electron chi connectivity index (χ0n) is 25.8. The normalized spacial score (nSPS) is 34.3. The first-order valence-electron chi connectivity index (χ1n) is 16.6. The quantitative estimate of drug-likeness (QED) is 0.335. The standard InChI is InChI=1S/C38H42N2O4/c1-42-30-15-12-27-21-31-36-16-17-38(43-2,35-37(36,33(27)34(30)44-35)18-19-40(31)23-25-8-9-25)29(22-36)26-10-13-28(14-11-26)39-32(41)20-24-6-4-3-5-7-24/h3-7,10-15,25,29,31,35H,8-9,16-23H2,1-2H3,(H,39,41)/t29-,31-,35-,36-,37+,38-/m1/s1. The van der Waals surface area contributed by atoms with Gasteiger partial charge in [-0.1, -0.05) is 48.5 Å². The monoisotopic (exact) mass is 590 g/mol. The van der Waals surface area contributed by atoms with E-state index >= 15 is 0 Å². The van der Waals surface area contributed by atoms with E-state index in [1.54, 1.807) is 7.11 Å². The molecule has 10 rings (SSSR count). The molecule has 44 heavy (non-hydrogen) atoms. The molecular weight excluding hydrogens is 548 g/mol. The molecule has 0 unspecified atom stereocenters. The number of carbonyl (C=O) groups excluding carboxylic acids is 1. The molecule has 3 aromatic carbocycles. The Bertz CT molecular complexity index is 1620. The summed E-state index contributed by atoms with van der Waals surface area (Å²) in [5.74, 6) is 2.92. The van der Waals surface area contributed by atoms with Crippen molar-refractivity contribution < 1.29 is 19.0 Å². The second kappa shape index (κ2) is 9.58. The third-order valence-corrected chi connectivity index (χ3v) is 12.7. The molecule has 5 aliphatic carbocycles. The van der Waals surface area contributed by atoms with E-state index in [4.69, 9.17) is 14.2 Å². The highest BCUT2D eigenvalue weighted by Gasteiger charge is 2.80. The third kappa shape index (κ3) is 3.53. The van der Waals surface area contributed by atoms with E-state index in [-0.39, 0.29) is 28.8 Å². The number of nitrogens with one attached hydrogen (secondary N) is 1. The van der Waals surface area contributed by atoms with Crippen molar-refractivity contribution in [1.82, 2.24) is 4.90 Å². The van der Waals surface area contributed by atoms with E-state index in [1.165, 1.54) is 42.5 Å². The number of hydrogen-bond acceptors (Lipinski definition) is 5. The van der Waals surface area contributed by atoms with Crippen molar-refractivity contribution in [1.29, 1.82) is 0 Å². The Balaban J connectivity index is 1.10. The van der Waals surface area contributed by atoms with Gasteiger partial charge in [-0.3, -0.25) is 9.69 Å². The number of methoxy groups -OCH3 is 2. The van der Waals surface area contributed by atoms with Crippen LogP contribution in [0.15, 0.2) is 66.7 Å². The lowest BCUT2D eigenvalue weighted by Gasteiger charge is -2.74. The minimum atomic E-state index is -0.429. The lowest BCUT2D eigenvalue weighted by molar-refractivity contribution is -0.261. The molecule has 0 radical (unpaired) electrons. The molecule has 6 heteroatoms. The summed E-state index contributed by atoms with van der Waals surface area (Å²) >= 11 is 0. The number of piperidine rings is 1. The van der Waals surface area contributed by atoms with Crippen molar-refractivity contribution in [3.63, 3.8) is 0 Å². The van der Waals surface area contributed by atoms with Crippen LogP contribution in [0.25, 0.3) is 0 Å². The van der Waals surface area contributed by atoms with E-state index < -0.39 is 5.60 Å². The number of hydrogen-bond donors (Lipinski definition) is 1. The fourth-order valence-corrected chi connectivity index (χ4v) is 10.7. The molecule has 1 N–H and O–H groups in total. The van der Waals surface area contributed by atoms with Gasteiger partial charge in [0.25, 0.3) is 0 Å². The summed E-state index contributed by atoms with van der Waals surface area (Å²) in [6.07, 6.45) is 8.57. The molecule has 4 saturated carbocycles. The highest BCUT2D eigenvalue weighted by atomic mass is 16.6. The maximum atomic E-state index is 12.8. The Labute approximate surface area is 260 Å². The number of fused-ring (bicyclic) bond motifs is 2. The van der Waals surface area contributed by atoms with Gasteiger partial charge in [-0.15, -0.1) is 0 Å². The number of amides is 1. The van der Waals surface area contributed by atoms with E-state index in [1.807, 2.05) is 37.4 Å². The number of ether oxygens (including phenoxy) is 3. The minimum absolute atomic E-state index is 0.00234. The molecule has 2 spiro atoms. The molecule has 6 nitrogen and oxygen atoms in total. The molecule has 228 valence electrons. The summed E-state index contributed by atoms with van der Waals surface area (Å²) in [7, 11) is 3.68. The van der Waals surface area contributed by atoms with Crippen LogP contribution in [0.1, 0.15) is 66.7 Å². The lowest BCUT2D eigenvalue weighted by atomic mass is 9.34. The third-order valence-electron chi connectivity index (χ3n) is 12.7. The molecule has 0 aromatic heterocycles. The topological polar surface area (TPSA) is 60.0 Å². The number of likely N-dealkylation sites (tertiary alicyclic amines) is 1. The van der Waals surface area contributed by atoms with Gasteiger partial charge in [0, 0.05) is 47.7 Å².